The molecule has 0 saturated heterocycles. The van der Waals surface area contributed by atoms with E-state index in [0.717, 1.165) is 23.7 Å². The third-order valence-electron chi connectivity index (χ3n) is 4.13. The van der Waals surface area contributed by atoms with Crippen molar-refractivity contribution in [3.8, 4) is 0 Å². The van der Waals surface area contributed by atoms with Crippen molar-refractivity contribution in [1.82, 2.24) is 0 Å². The lowest BCUT2D eigenvalue weighted by atomic mass is 9.58. The molecule has 0 aromatic heterocycles. The summed E-state index contributed by atoms with van der Waals surface area (Å²) in [5.41, 5.74) is 0. The van der Waals surface area contributed by atoms with Gasteiger partial charge in [-0.1, -0.05) is 24.3 Å². The first-order valence-corrected chi connectivity index (χ1v) is 5.30. The number of fused-ring (bicyclic) bond motifs is 2. The van der Waals surface area contributed by atoms with Crippen LogP contribution in [0.5, 0.6) is 0 Å². The second kappa shape index (κ2) is 2.48. The van der Waals surface area contributed by atoms with E-state index in [4.69, 9.17) is 0 Å². The van der Waals surface area contributed by atoms with Gasteiger partial charge in [-0.2, -0.15) is 0 Å². The molecule has 2 bridgehead atoms. The van der Waals surface area contributed by atoms with Crippen molar-refractivity contribution in [1.29, 1.82) is 0 Å². The van der Waals surface area contributed by atoms with Gasteiger partial charge in [0.1, 0.15) is 0 Å². The zero-order valence-electron chi connectivity index (χ0n) is 7.45. The molecule has 0 radical (unpaired) electrons. The third kappa shape index (κ3) is 0.840. The van der Waals surface area contributed by atoms with Gasteiger partial charge >= 0.3 is 0 Å². The highest BCUT2D eigenvalue weighted by Gasteiger charge is 2.41. The summed E-state index contributed by atoms with van der Waals surface area (Å²) in [6.07, 6.45) is 15.4. The lowest BCUT2D eigenvalue weighted by molar-refractivity contribution is 0.0777. The topological polar surface area (TPSA) is 0 Å². The summed E-state index contributed by atoms with van der Waals surface area (Å²) in [4.78, 5) is 0. The van der Waals surface area contributed by atoms with Crippen LogP contribution >= 0.6 is 0 Å². The average Bonchev–Trinajstić information content (AvgIpc) is 2.20. The standard InChI is InChI=1S/C12H16/c1-2-4-12-10-7-5-9(6-8-10)11(12)3-1/h1-4,9-12H,5-8H2. The monoisotopic (exact) mass is 160 g/mol. The van der Waals surface area contributed by atoms with Gasteiger partial charge in [-0.05, 0) is 49.4 Å². The molecule has 0 nitrogen and oxygen atoms in total. The van der Waals surface area contributed by atoms with Gasteiger partial charge in [-0.15, -0.1) is 0 Å². The molecule has 4 aliphatic carbocycles. The average molecular weight is 160 g/mol. The van der Waals surface area contributed by atoms with E-state index in [2.05, 4.69) is 24.3 Å². The van der Waals surface area contributed by atoms with Gasteiger partial charge in [0.05, 0.1) is 0 Å². The maximum Gasteiger partial charge on any atom is -0.0136 e. The Hall–Kier alpha value is -0.520. The highest BCUT2D eigenvalue weighted by atomic mass is 14.5. The molecule has 0 aliphatic heterocycles. The second-order valence-electron chi connectivity index (χ2n) is 4.60. The van der Waals surface area contributed by atoms with Crippen LogP contribution in [0.25, 0.3) is 0 Å². The van der Waals surface area contributed by atoms with E-state index in [0.29, 0.717) is 0 Å². The van der Waals surface area contributed by atoms with Crippen LogP contribution in [0.2, 0.25) is 0 Å². The van der Waals surface area contributed by atoms with Gasteiger partial charge in [0.25, 0.3) is 0 Å². The van der Waals surface area contributed by atoms with Gasteiger partial charge < -0.3 is 0 Å². The lowest BCUT2D eigenvalue weighted by Gasteiger charge is -2.47. The molecule has 12 heavy (non-hydrogen) atoms. The minimum atomic E-state index is 0.919. The van der Waals surface area contributed by atoms with Crippen molar-refractivity contribution >= 4 is 0 Å². The summed E-state index contributed by atoms with van der Waals surface area (Å²) in [5.74, 6) is 3.90. The number of rotatable bonds is 0. The minimum absolute atomic E-state index is 0.919. The summed E-state index contributed by atoms with van der Waals surface area (Å²) in [6, 6.07) is 0. The first-order chi connectivity index (χ1) is 5.95. The van der Waals surface area contributed by atoms with E-state index in [1.807, 2.05) is 0 Å². The Morgan fingerprint density at radius 1 is 0.667 bits per heavy atom. The zero-order valence-corrected chi connectivity index (χ0v) is 7.45. The molecule has 0 heteroatoms. The molecule has 4 aliphatic rings. The predicted octanol–water partition coefficient (Wildman–Crippen LogP) is 3.16. The third-order valence-corrected chi connectivity index (χ3v) is 4.13. The van der Waals surface area contributed by atoms with Crippen molar-refractivity contribution in [2.75, 3.05) is 0 Å². The molecule has 0 spiro atoms. The first kappa shape index (κ1) is 6.94. The summed E-state index contributed by atoms with van der Waals surface area (Å²) < 4.78 is 0. The Morgan fingerprint density at radius 2 is 1.08 bits per heavy atom. The number of hydrogen-bond donors (Lipinski definition) is 0. The van der Waals surface area contributed by atoms with E-state index in [-0.39, 0.29) is 0 Å². The maximum absolute atomic E-state index is 2.46. The number of allylic oxidation sites excluding steroid dienone is 4. The summed E-state index contributed by atoms with van der Waals surface area (Å²) in [5, 5.41) is 0. The summed E-state index contributed by atoms with van der Waals surface area (Å²) in [6.45, 7) is 0. The normalized spacial score (nSPS) is 49.3. The Balaban J connectivity index is 1.94. The largest absolute Gasteiger partial charge is 0.0806 e. The summed E-state index contributed by atoms with van der Waals surface area (Å²) in [7, 11) is 0. The smallest absolute Gasteiger partial charge is 0.0136 e. The van der Waals surface area contributed by atoms with E-state index in [9.17, 15) is 0 Å². The van der Waals surface area contributed by atoms with Crippen molar-refractivity contribution in [3.63, 3.8) is 0 Å². The molecule has 64 valence electrons. The van der Waals surface area contributed by atoms with Crippen LogP contribution in [-0.4, -0.2) is 0 Å². The Bertz CT molecular complexity index is 202. The van der Waals surface area contributed by atoms with Crippen LogP contribution in [0.4, 0.5) is 0 Å². The zero-order chi connectivity index (χ0) is 7.97. The highest BCUT2D eigenvalue weighted by Crippen LogP contribution is 2.50. The molecule has 0 aromatic rings. The molecule has 0 aromatic carbocycles. The molecule has 0 heterocycles. The SMILES string of the molecule is C1=CC2C3CCC(CC3)C2C=C1. The number of hydrogen-bond acceptors (Lipinski definition) is 0. The van der Waals surface area contributed by atoms with Gasteiger partial charge in [-0.25, -0.2) is 0 Å². The van der Waals surface area contributed by atoms with E-state index in [1.165, 1.54) is 25.7 Å². The Labute approximate surface area is 74.4 Å². The van der Waals surface area contributed by atoms with Crippen molar-refractivity contribution < 1.29 is 0 Å². The first-order valence-electron chi connectivity index (χ1n) is 5.30. The maximum atomic E-state index is 2.46. The van der Waals surface area contributed by atoms with Crippen LogP contribution in [0, 0.1) is 23.7 Å². The molecule has 0 amide bonds. The highest BCUT2D eigenvalue weighted by molar-refractivity contribution is 5.18. The van der Waals surface area contributed by atoms with Crippen molar-refractivity contribution in [3.05, 3.63) is 24.3 Å². The van der Waals surface area contributed by atoms with Crippen LogP contribution in [0.1, 0.15) is 25.7 Å². The van der Waals surface area contributed by atoms with E-state index < -0.39 is 0 Å². The Kier molecular flexibility index (Phi) is 1.44. The lowest BCUT2D eigenvalue weighted by Crippen LogP contribution is -2.38. The van der Waals surface area contributed by atoms with Gasteiger partial charge in [-0.3, -0.25) is 0 Å². The van der Waals surface area contributed by atoms with Gasteiger partial charge in [0.15, 0.2) is 0 Å². The fourth-order valence-electron chi connectivity index (χ4n) is 3.50. The van der Waals surface area contributed by atoms with E-state index >= 15 is 0 Å². The van der Waals surface area contributed by atoms with Gasteiger partial charge in [0.2, 0.25) is 0 Å². The molecule has 2 atom stereocenters. The van der Waals surface area contributed by atoms with Crippen LogP contribution in [-0.2, 0) is 0 Å². The van der Waals surface area contributed by atoms with Crippen LogP contribution in [0.15, 0.2) is 24.3 Å². The molecular formula is C12H16. The van der Waals surface area contributed by atoms with Crippen molar-refractivity contribution in [2.45, 2.75) is 25.7 Å². The fraction of sp³-hybridized carbons (Fsp3) is 0.667. The van der Waals surface area contributed by atoms with Crippen LogP contribution < -0.4 is 0 Å². The Morgan fingerprint density at radius 3 is 1.50 bits per heavy atom. The molecular weight excluding hydrogens is 144 g/mol. The molecule has 0 N–H and O–H groups in total. The molecule has 4 rings (SSSR count). The molecule has 2 unspecified atom stereocenters. The second-order valence-corrected chi connectivity index (χ2v) is 4.60. The predicted molar refractivity (Wildman–Crippen MR) is 50.7 cm³/mol. The molecule has 3 saturated carbocycles. The minimum Gasteiger partial charge on any atom is -0.0806 e. The molecule has 3 fully saturated rings. The van der Waals surface area contributed by atoms with Crippen LogP contribution in [0.3, 0.4) is 0 Å². The van der Waals surface area contributed by atoms with Gasteiger partial charge in [0, 0.05) is 0 Å². The van der Waals surface area contributed by atoms with E-state index in [1.54, 1.807) is 0 Å². The quantitative estimate of drug-likeness (QED) is 0.510. The van der Waals surface area contributed by atoms with Crippen molar-refractivity contribution in [2.24, 2.45) is 23.7 Å². The summed E-state index contributed by atoms with van der Waals surface area (Å²) >= 11 is 0. The fourth-order valence-corrected chi connectivity index (χ4v) is 3.50.